The number of hydrogen-bond donors (Lipinski definition) is 2. The van der Waals surface area contributed by atoms with Crippen molar-refractivity contribution in [1.29, 1.82) is 0 Å². The third-order valence-electron chi connectivity index (χ3n) is 3.61. The first-order valence-electron chi connectivity index (χ1n) is 7.68. The molecule has 2 amide bonds. The maximum absolute atomic E-state index is 11.9. The van der Waals surface area contributed by atoms with Crippen LogP contribution in [0.15, 0.2) is 48.5 Å². The highest BCUT2D eigenvalue weighted by molar-refractivity contribution is 6.04. The van der Waals surface area contributed by atoms with Gasteiger partial charge in [-0.2, -0.15) is 0 Å². The summed E-state index contributed by atoms with van der Waals surface area (Å²) in [6.07, 6.45) is -0.268. The van der Waals surface area contributed by atoms with Gasteiger partial charge >= 0.3 is 0 Å². The molecule has 0 aliphatic rings. The average molecular weight is 324 g/mol. The third-order valence-corrected chi connectivity index (χ3v) is 3.61. The summed E-state index contributed by atoms with van der Waals surface area (Å²) < 4.78 is 0. The Morgan fingerprint density at radius 2 is 1.71 bits per heavy atom. The van der Waals surface area contributed by atoms with E-state index in [4.69, 9.17) is 0 Å². The zero-order chi connectivity index (χ0) is 17.5. The fourth-order valence-electron chi connectivity index (χ4n) is 2.23. The summed E-state index contributed by atoms with van der Waals surface area (Å²) in [6, 6.07) is 14.4. The first kappa shape index (κ1) is 17.4. The molecule has 0 aromatic heterocycles. The van der Waals surface area contributed by atoms with E-state index in [1.807, 2.05) is 31.2 Å². The van der Waals surface area contributed by atoms with Gasteiger partial charge in [-0.25, -0.2) is 0 Å². The van der Waals surface area contributed by atoms with E-state index in [9.17, 15) is 14.4 Å². The normalized spacial score (nSPS) is 10.1. The fraction of sp³-hybridized carbons (Fsp3) is 0.211. The zero-order valence-electron chi connectivity index (χ0n) is 13.8. The lowest BCUT2D eigenvalue weighted by molar-refractivity contribution is -0.126. The van der Waals surface area contributed by atoms with E-state index in [1.54, 1.807) is 24.3 Å². The minimum Gasteiger partial charge on any atom is -0.352 e. The molecule has 0 fully saturated rings. The van der Waals surface area contributed by atoms with Gasteiger partial charge in [-0.05, 0) is 37.1 Å². The van der Waals surface area contributed by atoms with Crippen LogP contribution < -0.4 is 10.6 Å². The summed E-state index contributed by atoms with van der Waals surface area (Å²) in [5.74, 6) is -0.849. The lowest BCUT2D eigenvalue weighted by Crippen LogP contribution is -2.28. The minimum atomic E-state index is -0.419. The number of nitrogens with one attached hydrogen (secondary N) is 2. The zero-order valence-corrected chi connectivity index (χ0v) is 13.8. The second-order valence-electron chi connectivity index (χ2n) is 5.57. The molecule has 0 saturated carbocycles. The number of amides is 2. The topological polar surface area (TPSA) is 75.3 Å². The molecule has 2 aromatic rings. The van der Waals surface area contributed by atoms with Crippen molar-refractivity contribution in [1.82, 2.24) is 5.32 Å². The first-order valence-corrected chi connectivity index (χ1v) is 7.68. The van der Waals surface area contributed by atoms with Gasteiger partial charge in [0.15, 0.2) is 5.78 Å². The fourth-order valence-corrected chi connectivity index (χ4v) is 2.23. The predicted molar refractivity (Wildman–Crippen MR) is 92.7 cm³/mol. The summed E-state index contributed by atoms with van der Waals surface area (Å²) in [7, 11) is 0. The molecule has 0 spiro atoms. The molecular formula is C19H20N2O3. The smallest absolute Gasteiger partial charge is 0.233 e. The van der Waals surface area contributed by atoms with Crippen LogP contribution in [0, 0.1) is 6.92 Å². The summed E-state index contributed by atoms with van der Waals surface area (Å²) >= 11 is 0. The Balaban J connectivity index is 1.86. The van der Waals surface area contributed by atoms with Crippen molar-refractivity contribution in [3.05, 3.63) is 65.2 Å². The quantitative estimate of drug-likeness (QED) is 0.634. The molecule has 2 aromatic carbocycles. The Kier molecular flexibility index (Phi) is 5.84. The number of hydrogen-bond acceptors (Lipinski definition) is 3. The van der Waals surface area contributed by atoms with Crippen LogP contribution >= 0.6 is 0 Å². The summed E-state index contributed by atoms with van der Waals surface area (Å²) in [5, 5.41) is 5.36. The van der Waals surface area contributed by atoms with Gasteiger partial charge in [0.2, 0.25) is 11.8 Å². The van der Waals surface area contributed by atoms with E-state index in [-0.39, 0.29) is 18.1 Å². The van der Waals surface area contributed by atoms with Crippen molar-refractivity contribution < 1.29 is 14.4 Å². The maximum atomic E-state index is 11.9. The Morgan fingerprint density at radius 1 is 0.958 bits per heavy atom. The molecule has 0 aliphatic heterocycles. The first-order chi connectivity index (χ1) is 11.5. The van der Waals surface area contributed by atoms with Gasteiger partial charge < -0.3 is 10.6 Å². The van der Waals surface area contributed by atoms with Gasteiger partial charge in [0.1, 0.15) is 6.42 Å². The van der Waals surface area contributed by atoms with Crippen LogP contribution in [0.4, 0.5) is 5.69 Å². The second kappa shape index (κ2) is 8.06. The highest BCUT2D eigenvalue weighted by Crippen LogP contribution is 2.11. The largest absolute Gasteiger partial charge is 0.352 e. The van der Waals surface area contributed by atoms with Gasteiger partial charge in [0.25, 0.3) is 0 Å². The Morgan fingerprint density at radius 3 is 2.42 bits per heavy atom. The average Bonchev–Trinajstić information content (AvgIpc) is 2.54. The number of carbonyl (C=O) groups excluding carboxylic acids is 3. The highest BCUT2D eigenvalue weighted by Gasteiger charge is 2.10. The monoisotopic (exact) mass is 324 g/mol. The minimum absolute atomic E-state index is 0.0814. The van der Waals surface area contributed by atoms with Crippen molar-refractivity contribution in [3.8, 4) is 0 Å². The van der Waals surface area contributed by atoms with Crippen molar-refractivity contribution >= 4 is 23.3 Å². The Bertz CT molecular complexity index is 769. The third kappa shape index (κ3) is 5.05. The number of Topliss-reactive ketones (excluding diaryl/α,β-unsaturated/α-hetero) is 1. The Labute approximate surface area is 141 Å². The number of ketones is 1. The molecule has 0 radical (unpaired) electrons. The predicted octanol–water partition coefficient (Wildman–Crippen LogP) is 2.84. The van der Waals surface area contributed by atoms with Crippen molar-refractivity contribution in [2.75, 3.05) is 5.32 Å². The Hall–Kier alpha value is -2.95. The van der Waals surface area contributed by atoms with E-state index >= 15 is 0 Å². The molecule has 2 N–H and O–H groups in total. The van der Waals surface area contributed by atoms with Crippen LogP contribution in [0.3, 0.4) is 0 Å². The van der Waals surface area contributed by atoms with E-state index in [1.165, 1.54) is 6.92 Å². The maximum Gasteiger partial charge on any atom is 0.233 e. The van der Waals surface area contributed by atoms with E-state index in [2.05, 4.69) is 10.6 Å². The van der Waals surface area contributed by atoms with Crippen LogP contribution in [0.2, 0.25) is 0 Å². The number of anilines is 1. The van der Waals surface area contributed by atoms with Crippen molar-refractivity contribution in [2.45, 2.75) is 26.8 Å². The highest BCUT2D eigenvalue weighted by atomic mass is 16.2. The number of aryl methyl sites for hydroxylation is 1. The molecule has 5 heteroatoms. The number of benzene rings is 2. The van der Waals surface area contributed by atoms with Crippen molar-refractivity contribution in [2.24, 2.45) is 0 Å². The van der Waals surface area contributed by atoms with E-state index in [0.717, 1.165) is 11.1 Å². The van der Waals surface area contributed by atoms with Gasteiger partial charge in [-0.15, -0.1) is 0 Å². The summed E-state index contributed by atoms with van der Waals surface area (Å²) in [5.41, 5.74) is 3.11. The number of carbonyl (C=O) groups is 3. The molecule has 0 saturated heterocycles. The van der Waals surface area contributed by atoms with Crippen LogP contribution in [0.5, 0.6) is 0 Å². The van der Waals surface area contributed by atoms with Gasteiger partial charge in [-0.3, -0.25) is 14.4 Å². The van der Waals surface area contributed by atoms with Crippen molar-refractivity contribution in [3.63, 3.8) is 0 Å². The molecule has 0 unspecified atom stereocenters. The van der Waals surface area contributed by atoms with Crippen LogP contribution in [-0.4, -0.2) is 17.6 Å². The molecule has 5 nitrogen and oxygen atoms in total. The standard InChI is InChI=1S/C19H20N2O3/c1-13-6-3-4-7-16(13)12-20-18(23)11-19(24)21-17-9-5-8-15(10-17)14(2)22/h3-10H,11-12H2,1-2H3,(H,20,23)(H,21,24). The molecular weight excluding hydrogens is 304 g/mol. The van der Waals surface area contributed by atoms with E-state index in [0.29, 0.717) is 17.8 Å². The molecule has 2 rings (SSSR count). The van der Waals surface area contributed by atoms with E-state index < -0.39 is 5.91 Å². The van der Waals surface area contributed by atoms with Crippen LogP contribution in [-0.2, 0) is 16.1 Å². The number of rotatable bonds is 6. The lowest BCUT2D eigenvalue weighted by atomic mass is 10.1. The molecule has 24 heavy (non-hydrogen) atoms. The SMILES string of the molecule is CC(=O)c1cccc(NC(=O)CC(=O)NCc2ccccc2C)c1. The van der Waals surface area contributed by atoms with Gasteiger partial charge in [0.05, 0.1) is 0 Å². The molecule has 0 bridgehead atoms. The van der Waals surface area contributed by atoms with Crippen LogP contribution in [0.1, 0.15) is 34.8 Å². The van der Waals surface area contributed by atoms with Gasteiger partial charge in [-0.1, -0.05) is 36.4 Å². The second-order valence-corrected chi connectivity index (χ2v) is 5.57. The molecule has 124 valence electrons. The molecule has 0 atom stereocenters. The van der Waals surface area contributed by atoms with Crippen LogP contribution in [0.25, 0.3) is 0 Å². The van der Waals surface area contributed by atoms with Gasteiger partial charge in [0, 0.05) is 17.8 Å². The summed E-state index contributed by atoms with van der Waals surface area (Å²) in [6.45, 7) is 3.81. The summed E-state index contributed by atoms with van der Waals surface area (Å²) in [4.78, 5) is 35.1. The lowest BCUT2D eigenvalue weighted by Gasteiger charge is -2.09. The molecule has 0 heterocycles. The molecule has 0 aliphatic carbocycles.